The predicted molar refractivity (Wildman–Crippen MR) is 119 cm³/mol. The fraction of sp³-hybridized carbons (Fsp3) is 0.478. The summed E-state index contributed by atoms with van der Waals surface area (Å²) in [5, 5.41) is 3.18. The smallest absolute Gasteiger partial charge is 0.243 e. The maximum absolute atomic E-state index is 12.9. The minimum Gasteiger partial charge on any atom is -0.353 e. The Labute approximate surface area is 184 Å². The molecule has 2 aliphatic heterocycles. The van der Waals surface area contributed by atoms with Gasteiger partial charge in [0.2, 0.25) is 15.9 Å². The average molecular weight is 443 g/mol. The van der Waals surface area contributed by atoms with E-state index < -0.39 is 10.0 Å². The summed E-state index contributed by atoms with van der Waals surface area (Å²) in [4.78, 5) is 19.9. The Morgan fingerprint density at radius 1 is 1.00 bits per heavy atom. The largest absolute Gasteiger partial charge is 0.353 e. The van der Waals surface area contributed by atoms with Gasteiger partial charge in [-0.1, -0.05) is 24.3 Å². The van der Waals surface area contributed by atoms with Gasteiger partial charge in [0, 0.05) is 45.0 Å². The zero-order valence-electron chi connectivity index (χ0n) is 17.7. The van der Waals surface area contributed by atoms with Gasteiger partial charge >= 0.3 is 0 Å². The molecule has 2 fully saturated rings. The van der Waals surface area contributed by atoms with Crippen LogP contribution in [-0.4, -0.2) is 60.7 Å². The molecular formula is C23H30N4O3S. The van der Waals surface area contributed by atoms with Crippen LogP contribution in [0, 0.1) is 5.92 Å². The van der Waals surface area contributed by atoms with Gasteiger partial charge in [0.05, 0.1) is 16.5 Å². The van der Waals surface area contributed by atoms with E-state index in [1.807, 2.05) is 24.4 Å². The highest BCUT2D eigenvalue weighted by Crippen LogP contribution is 2.24. The second kappa shape index (κ2) is 9.89. The summed E-state index contributed by atoms with van der Waals surface area (Å²) in [6.45, 7) is 3.38. The van der Waals surface area contributed by atoms with E-state index in [1.165, 1.54) is 4.31 Å². The molecule has 1 N–H and O–H groups in total. The molecule has 1 aromatic carbocycles. The van der Waals surface area contributed by atoms with E-state index in [0.717, 1.165) is 44.6 Å². The molecule has 1 atom stereocenters. The number of carbonyl (C=O) groups excluding carboxylic acids is 1. The van der Waals surface area contributed by atoms with Gasteiger partial charge in [-0.15, -0.1) is 0 Å². The number of aromatic nitrogens is 1. The molecule has 1 aromatic heterocycles. The molecule has 4 rings (SSSR count). The molecular weight excluding hydrogens is 412 g/mol. The Balaban J connectivity index is 1.28. The highest BCUT2D eigenvalue weighted by atomic mass is 32.2. The van der Waals surface area contributed by atoms with Crippen LogP contribution in [-0.2, 0) is 21.4 Å². The summed E-state index contributed by atoms with van der Waals surface area (Å²) in [7, 11) is -3.56. The van der Waals surface area contributed by atoms with Crippen molar-refractivity contribution in [3.8, 4) is 0 Å². The maximum Gasteiger partial charge on any atom is 0.243 e. The van der Waals surface area contributed by atoms with Crippen molar-refractivity contribution in [2.45, 2.75) is 43.2 Å². The van der Waals surface area contributed by atoms with Crippen LogP contribution < -0.4 is 5.32 Å². The van der Waals surface area contributed by atoms with E-state index in [4.69, 9.17) is 0 Å². The summed E-state index contributed by atoms with van der Waals surface area (Å²) < 4.78 is 27.3. The van der Waals surface area contributed by atoms with E-state index in [1.54, 1.807) is 30.3 Å². The summed E-state index contributed by atoms with van der Waals surface area (Å²) in [6.07, 6.45) is 5.04. The number of sulfonamides is 1. The Morgan fingerprint density at radius 3 is 2.45 bits per heavy atom. The first-order chi connectivity index (χ1) is 15.0. The molecule has 2 aliphatic rings. The quantitative estimate of drug-likeness (QED) is 0.742. The van der Waals surface area contributed by atoms with Crippen molar-refractivity contribution < 1.29 is 13.2 Å². The second-order valence-electron chi connectivity index (χ2n) is 8.40. The topological polar surface area (TPSA) is 82.6 Å². The Kier molecular flexibility index (Phi) is 6.99. The van der Waals surface area contributed by atoms with Gasteiger partial charge in [-0.25, -0.2) is 8.42 Å². The molecule has 3 heterocycles. The highest BCUT2D eigenvalue weighted by molar-refractivity contribution is 7.89. The first-order valence-electron chi connectivity index (χ1n) is 11.0. The molecule has 31 heavy (non-hydrogen) atoms. The van der Waals surface area contributed by atoms with E-state index in [0.29, 0.717) is 13.0 Å². The Morgan fingerprint density at radius 2 is 1.74 bits per heavy atom. The van der Waals surface area contributed by atoms with Crippen molar-refractivity contribution in [1.29, 1.82) is 0 Å². The van der Waals surface area contributed by atoms with Crippen LogP contribution in [0.1, 0.15) is 31.4 Å². The van der Waals surface area contributed by atoms with Gasteiger partial charge in [-0.05, 0) is 49.9 Å². The van der Waals surface area contributed by atoms with Crippen molar-refractivity contribution in [3.63, 3.8) is 0 Å². The minimum atomic E-state index is -3.56. The number of hydrogen-bond donors (Lipinski definition) is 1. The van der Waals surface area contributed by atoms with Crippen LogP contribution in [0.25, 0.3) is 0 Å². The average Bonchev–Trinajstić information content (AvgIpc) is 2.82. The van der Waals surface area contributed by atoms with Crippen LogP contribution in [0.15, 0.2) is 59.6 Å². The van der Waals surface area contributed by atoms with Crippen LogP contribution in [0.4, 0.5) is 0 Å². The van der Waals surface area contributed by atoms with Crippen molar-refractivity contribution in [2.75, 3.05) is 26.2 Å². The van der Waals surface area contributed by atoms with Crippen molar-refractivity contribution in [1.82, 2.24) is 19.5 Å². The second-order valence-corrected chi connectivity index (χ2v) is 10.3. The van der Waals surface area contributed by atoms with Gasteiger partial charge in [0.1, 0.15) is 0 Å². The molecule has 166 valence electrons. The van der Waals surface area contributed by atoms with Gasteiger partial charge in [0.25, 0.3) is 0 Å². The number of hydrogen-bond acceptors (Lipinski definition) is 5. The van der Waals surface area contributed by atoms with Crippen molar-refractivity contribution in [2.24, 2.45) is 5.92 Å². The van der Waals surface area contributed by atoms with Crippen LogP contribution in [0.2, 0.25) is 0 Å². The van der Waals surface area contributed by atoms with Gasteiger partial charge < -0.3 is 5.32 Å². The zero-order chi connectivity index (χ0) is 21.7. The fourth-order valence-electron chi connectivity index (χ4n) is 4.39. The first-order valence-corrected chi connectivity index (χ1v) is 12.4. The monoisotopic (exact) mass is 442 g/mol. The number of benzene rings is 1. The van der Waals surface area contributed by atoms with Crippen LogP contribution >= 0.6 is 0 Å². The lowest BCUT2D eigenvalue weighted by atomic mass is 9.97. The molecule has 0 radical (unpaired) electrons. The summed E-state index contributed by atoms with van der Waals surface area (Å²) in [5.74, 6) is -0.310. The molecule has 1 amide bonds. The highest BCUT2D eigenvalue weighted by Gasteiger charge is 2.34. The van der Waals surface area contributed by atoms with E-state index in [2.05, 4.69) is 15.2 Å². The number of piperidine rings is 2. The van der Waals surface area contributed by atoms with Crippen molar-refractivity contribution in [3.05, 3.63) is 60.4 Å². The number of rotatable bonds is 6. The van der Waals surface area contributed by atoms with E-state index >= 15 is 0 Å². The first kappa shape index (κ1) is 21.9. The molecule has 0 bridgehead atoms. The molecule has 0 spiro atoms. The van der Waals surface area contributed by atoms with Crippen molar-refractivity contribution >= 4 is 15.9 Å². The van der Waals surface area contributed by atoms with E-state index in [9.17, 15) is 13.2 Å². The molecule has 0 aliphatic carbocycles. The number of carbonyl (C=O) groups is 1. The number of pyridine rings is 1. The predicted octanol–water partition coefficient (Wildman–Crippen LogP) is 2.26. The lowest BCUT2D eigenvalue weighted by molar-refractivity contribution is -0.127. The standard InChI is InChI=1S/C23H30N4O3S/c28-23(25-20-11-15-26(16-12-20)18-21-8-4-5-13-24-21)19-7-6-14-27(17-19)31(29,30)22-9-2-1-3-10-22/h1-5,8-10,13,19-20H,6-7,11-12,14-18H2,(H,25,28). The summed E-state index contributed by atoms with van der Waals surface area (Å²) >= 11 is 0. The number of nitrogens with one attached hydrogen (secondary N) is 1. The Hall–Kier alpha value is -2.29. The zero-order valence-corrected chi connectivity index (χ0v) is 18.5. The fourth-order valence-corrected chi connectivity index (χ4v) is 5.94. The summed E-state index contributed by atoms with van der Waals surface area (Å²) in [6, 6.07) is 14.6. The minimum absolute atomic E-state index is 0.0175. The lowest BCUT2D eigenvalue weighted by Crippen LogP contribution is -2.50. The molecule has 1 unspecified atom stereocenters. The third-order valence-electron chi connectivity index (χ3n) is 6.18. The Bertz CT molecular complexity index is 961. The number of amides is 1. The van der Waals surface area contributed by atoms with Crippen LogP contribution in [0.5, 0.6) is 0 Å². The van der Waals surface area contributed by atoms with Gasteiger partial charge in [-0.2, -0.15) is 4.31 Å². The van der Waals surface area contributed by atoms with Gasteiger partial charge in [-0.3, -0.25) is 14.7 Å². The maximum atomic E-state index is 12.9. The number of nitrogens with zero attached hydrogens (tertiary/aromatic N) is 3. The third-order valence-corrected chi connectivity index (χ3v) is 8.06. The normalized spacial score (nSPS) is 21.6. The van der Waals surface area contributed by atoms with Crippen LogP contribution in [0.3, 0.4) is 0 Å². The summed E-state index contributed by atoms with van der Waals surface area (Å²) in [5.41, 5.74) is 1.06. The molecule has 2 saturated heterocycles. The number of likely N-dealkylation sites (tertiary alicyclic amines) is 1. The SMILES string of the molecule is O=C(NC1CCN(Cc2ccccn2)CC1)C1CCCN(S(=O)(=O)c2ccccc2)C1. The lowest BCUT2D eigenvalue weighted by Gasteiger charge is -2.35. The third kappa shape index (κ3) is 5.50. The van der Waals surface area contributed by atoms with Gasteiger partial charge in [0.15, 0.2) is 0 Å². The molecule has 2 aromatic rings. The molecule has 7 nitrogen and oxygen atoms in total. The van der Waals surface area contributed by atoms with E-state index in [-0.39, 0.29) is 29.3 Å². The molecule has 8 heteroatoms. The molecule has 0 saturated carbocycles.